The van der Waals surface area contributed by atoms with Crippen molar-refractivity contribution in [1.29, 1.82) is 0 Å². The maximum atomic E-state index is 11.4. The SMILES string of the molecule is C=N/C=C\N(C)C(=O)n1ccnc1. The first-order valence-corrected chi connectivity index (χ1v) is 3.63. The molecule has 0 atom stereocenters. The maximum absolute atomic E-state index is 11.4. The molecule has 5 nitrogen and oxygen atoms in total. The second-order valence-corrected chi connectivity index (χ2v) is 2.34. The maximum Gasteiger partial charge on any atom is 0.333 e. The Labute approximate surface area is 76.0 Å². The Morgan fingerprint density at radius 2 is 2.54 bits per heavy atom. The lowest BCUT2D eigenvalue weighted by atomic mass is 10.7. The van der Waals surface area contributed by atoms with Crippen molar-refractivity contribution in [2.24, 2.45) is 4.99 Å². The molecule has 1 heterocycles. The molecule has 1 aromatic heterocycles. The molecule has 0 radical (unpaired) electrons. The fourth-order valence-corrected chi connectivity index (χ4v) is 0.765. The summed E-state index contributed by atoms with van der Waals surface area (Å²) < 4.78 is 1.37. The number of aromatic nitrogens is 2. The summed E-state index contributed by atoms with van der Waals surface area (Å²) >= 11 is 0. The number of imidazole rings is 1. The first-order chi connectivity index (χ1) is 6.25. The Hall–Kier alpha value is -1.91. The molecule has 1 amide bonds. The zero-order valence-electron chi connectivity index (χ0n) is 7.29. The third-order valence-electron chi connectivity index (χ3n) is 1.42. The van der Waals surface area contributed by atoms with Gasteiger partial charge < -0.3 is 4.90 Å². The molecule has 0 unspecified atom stereocenters. The van der Waals surface area contributed by atoms with Crippen LogP contribution >= 0.6 is 0 Å². The summed E-state index contributed by atoms with van der Waals surface area (Å²) in [6.07, 6.45) is 7.52. The van der Waals surface area contributed by atoms with Crippen molar-refractivity contribution in [3.05, 3.63) is 31.1 Å². The van der Waals surface area contributed by atoms with E-state index in [0.29, 0.717) is 0 Å². The number of hydrogen-bond donors (Lipinski definition) is 0. The van der Waals surface area contributed by atoms with Crippen LogP contribution in [0.1, 0.15) is 0 Å². The highest BCUT2D eigenvalue weighted by atomic mass is 16.2. The van der Waals surface area contributed by atoms with Crippen LogP contribution < -0.4 is 0 Å². The van der Waals surface area contributed by atoms with Crippen molar-refractivity contribution in [3.63, 3.8) is 0 Å². The van der Waals surface area contributed by atoms with Crippen LogP contribution in [0.4, 0.5) is 4.79 Å². The average molecular weight is 178 g/mol. The van der Waals surface area contributed by atoms with E-state index < -0.39 is 0 Å². The quantitative estimate of drug-likeness (QED) is 0.633. The molecule has 13 heavy (non-hydrogen) atoms. The Balaban J connectivity index is 2.68. The number of nitrogens with zero attached hydrogens (tertiary/aromatic N) is 4. The Bertz CT molecular complexity index is 315. The van der Waals surface area contributed by atoms with E-state index in [1.54, 1.807) is 19.4 Å². The van der Waals surface area contributed by atoms with E-state index in [4.69, 9.17) is 0 Å². The first-order valence-electron chi connectivity index (χ1n) is 3.63. The van der Waals surface area contributed by atoms with Gasteiger partial charge in [0.2, 0.25) is 0 Å². The summed E-state index contributed by atoms with van der Waals surface area (Å²) in [6.45, 7) is 3.26. The van der Waals surface area contributed by atoms with Gasteiger partial charge in [-0.25, -0.2) is 9.78 Å². The molecule has 0 aliphatic rings. The number of hydrogen-bond acceptors (Lipinski definition) is 3. The molecule has 0 saturated carbocycles. The molecule has 0 spiro atoms. The number of amides is 1. The molecule has 0 aliphatic heterocycles. The average Bonchev–Trinajstić information content (AvgIpc) is 2.65. The minimum Gasteiger partial charge on any atom is -0.302 e. The first kappa shape index (κ1) is 9.18. The predicted molar refractivity (Wildman–Crippen MR) is 49.5 cm³/mol. The molecule has 0 aliphatic carbocycles. The van der Waals surface area contributed by atoms with Crippen molar-refractivity contribution in [2.75, 3.05) is 7.05 Å². The van der Waals surface area contributed by atoms with Gasteiger partial charge in [-0.15, -0.1) is 0 Å². The highest BCUT2D eigenvalue weighted by Crippen LogP contribution is 1.93. The molecule has 1 aromatic rings. The summed E-state index contributed by atoms with van der Waals surface area (Å²) in [4.78, 5) is 20.1. The van der Waals surface area contributed by atoms with E-state index in [2.05, 4.69) is 16.7 Å². The van der Waals surface area contributed by atoms with Crippen LogP contribution in [0.25, 0.3) is 0 Å². The summed E-state index contributed by atoms with van der Waals surface area (Å²) in [5.74, 6) is 0. The normalized spacial score (nSPS) is 10.2. The van der Waals surface area contributed by atoms with Gasteiger partial charge in [0.15, 0.2) is 0 Å². The number of carbonyl (C=O) groups excluding carboxylic acids is 1. The minimum absolute atomic E-state index is 0.197. The van der Waals surface area contributed by atoms with Gasteiger partial charge in [0.25, 0.3) is 0 Å². The van der Waals surface area contributed by atoms with Gasteiger partial charge >= 0.3 is 6.03 Å². The van der Waals surface area contributed by atoms with Gasteiger partial charge in [0.1, 0.15) is 6.33 Å². The fraction of sp³-hybridized carbons (Fsp3) is 0.125. The monoisotopic (exact) mass is 178 g/mol. The van der Waals surface area contributed by atoms with Gasteiger partial charge in [0, 0.05) is 31.8 Å². The topological polar surface area (TPSA) is 50.5 Å². The largest absolute Gasteiger partial charge is 0.333 e. The van der Waals surface area contributed by atoms with E-state index >= 15 is 0 Å². The Morgan fingerprint density at radius 3 is 3.08 bits per heavy atom. The van der Waals surface area contributed by atoms with Crippen molar-refractivity contribution in [1.82, 2.24) is 14.5 Å². The Kier molecular flexibility index (Phi) is 2.97. The molecule has 0 aromatic carbocycles. The van der Waals surface area contributed by atoms with Crippen molar-refractivity contribution in [3.8, 4) is 0 Å². The van der Waals surface area contributed by atoms with Gasteiger partial charge in [0.05, 0.1) is 0 Å². The number of carbonyl (C=O) groups is 1. The third-order valence-corrected chi connectivity index (χ3v) is 1.42. The summed E-state index contributed by atoms with van der Waals surface area (Å²) in [5, 5.41) is 0. The van der Waals surface area contributed by atoms with E-state index in [-0.39, 0.29) is 6.03 Å². The molecule has 0 bridgehead atoms. The summed E-state index contributed by atoms with van der Waals surface area (Å²) in [6, 6.07) is -0.197. The Morgan fingerprint density at radius 1 is 1.77 bits per heavy atom. The zero-order chi connectivity index (χ0) is 9.68. The van der Waals surface area contributed by atoms with Crippen molar-refractivity contribution >= 4 is 12.7 Å². The van der Waals surface area contributed by atoms with E-state index in [1.807, 2.05) is 0 Å². The van der Waals surface area contributed by atoms with Gasteiger partial charge in [-0.1, -0.05) is 0 Å². The zero-order valence-corrected chi connectivity index (χ0v) is 7.29. The molecular formula is C8H10N4O. The minimum atomic E-state index is -0.197. The fourth-order valence-electron chi connectivity index (χ4n) is 0.765. The van der Waals surface area contributed by atoms with E-state index in [1.165, 1.54) is 28.2 Å². The van der Waals surface area contributed by atoms with Crippen LogP contribution in [0.3, 0.4) is 0 Å². The van der Waals surface area contributed by atoms with Crippen molar-refractivity contribution < 1.29 is 4.79 Å². The van der Waals surface area contributed by atoms with Crippen LogP contribution in [0, 0.1) is 0 Å². The molecule has 0 N–H and O–H groups in total. The van der Waals surface area contributed by atoms with Gasteiger partial charge in [-0.3, -0.25) is 9.56 Å². The van der Waals surface area contributed by atoms with Gasteiger partial charge in [-0.05, 0) is 6.72 Å². The van der Waals surface area contributed by atoms with Crippen LogP contribution in [-0.2, 0) is 0 Å². The molecule has 0 saturated heterocycles. The molecule has 5 heteroatoms. The lowest BCUT2D eigenvalue weighted by Gasteiger charge is -2.10. The second kappa shape index (κ2) is 4.20. The predicted octanol–water partition coefficient (Wildman–Crippen LogP) is 0.955. The molecule has 0 fully saturated rings. The summed E-state index contributed by atoms with van der Waals surface area (Å²) in [7, 11) is 1.63. The number of rotatable bonds is 2. The van der Waals surface area contributed by atoms with Crippen LogP contribution in [0.5, 0.6) is 0 Å². The van der Waals surface area contributed by atoms with Crippen molar-refractivity contribution in [2.45, 2.75) is 0 Å². The standard InChI is InChI=1S/C8H10N4O/c1-9-3-5-11(2)8(13)12-6-4-10-7-12/h3-7H,1H2,2H3/b5-3-. The molecule has 68 valence electrons. The van der Waals surface area contributed by atoms with Crippen LogP contribution in [0.2, 0.25) is 0 Å². The molecule has 1 rings (SSSR count). The van der Waals surface area contributed by atoms with Gasteiger partial charge in [-0.2, -0.15) is 0 Å². The van der Waals surface area contributed by atoms with E-state index in [9.17, 15) is 4.79 Å². The summed E-state index contributed by atoms with van der Waals surface area (Å²) in [5.41, 5.74) is 0. The highest BCUT2D eigenvalue weighted by Gasteiger charge is 2.06. The van der Waals surface area contributed by atoms with Crippen LogP contribution in [-0.4, -0.2) is 34.2 Å². The third kappa shape index (κ3) is 2.26. The van der Waals surface area contributed by atoms with Crippen LogP contribution in [0.15, 0.2) is 36.1 Å². The molecular weight excluding hydrogens is 168 g/mol. The lowest BCUT2D eigenvalue weighted by Crippen LogP contribution is -2.25. The smallest absolute Gasteiger partial charge is 0.302 e. The lowest BCUT2D eigenvalue weighted by molar-refractivity contribution is 0.224. The highest BCUT2D eigenvalue weighted by molar-refractivity contribution is 5.77. The second-order valence-electron chi connectivity index (χ2n) is 2.34. The number of aliphatic imine (C=N–C) groups is 1. The van der Waals surface area contributed by atoms with E-state index in [0.717, 1.165) is 0 Å².